The highest BCUT2D eigenvalue weighted by molar-refractivity contribution is 8.23. The van der Waals surface area contributed by atoms with Crippen LogP contribution in [0.5, 0.6) is 0 Å². The third-order valence-electron chi connectivity index (χ3n) is 3.45. The van der Waals surface area contributed by atoms with E-state index in [-0.39, 0.29) is 11.9 Å². The van der Waals surface area contributed by atoms with Gasteiger partial charge in [-0.15, -0.1) is 0 Å². The number of benzene rings is 1. The molecule has 4 heteroatoms. The van der Waals surface area contributed by atoms with Crippen LogP contribution >= 0.6 is 24.0 Å². The third-order valence-corrected chi connectivity index (χ3v) is 5.06. The lowest BCUT2D eigenvalue weighted by atomic mass is 10.1. The van der Waals surface area contributed by atoms with Crippen molar-refractivity contribution in [2.75, 3.05) is 0 Å². The molecule has 2 atom stereocenters. The van der Waals surface area contributed by atoms with Crippen molar-refractivity contribution in [2.24, 2.45) is 0 Å². The quantitative estimate of drug-likeness (QED) is 0.727. The zero-order valence-electron chi connectivity index (χ0n) is 9.55. The summed E-state index contributed by atoms with van der Waals surface area (Å²) in [6.07, 6.45) is 1.55. The van der Waals surface area contributed by atoms with Crippen molar-refractivity contribution in [3.63, 3.8) is 0 Å². The first-order valence-electron chi connectivity index (χ1n) is 5.83. The van der Waals surface area contributed by atoms with Gasteiger partial charge >= 0.3 is 0 Å². The summed E-state index contributed by atoms with van der Waals surface area (Å²) in [5.74, 6) is 0.145. The number of thioether (sulfide) groups is 1. The summed E-state index contributed by atoms with van der Waals surface area (Å²) in [5.41, 5.74) is 2.65. The van der Waals surface area contributed by atoms with Gasteiger partial charge in [0.2, 0.25) is 5.91 Å². The van der Waals surface area contributed by atoms with Crippen LogP contribution < -0.4 is 0 Å². The second-order valence-corrected chi connectivity index (χ2v) is 6.26. The summed E-state index contributed by atoms with van der Waals surface area (Å²) < 4.78 is 0.751. The van der Waals surface area contributed by atoms with Crippen molar-refractivity contribution in [1.29, 1.82) is 0 Å². The van der Waals surface area contributed by atoms with E-state index in [9.17, 15) is 4.79 Å². The number of fused-ring (bicyclic) bond motifs is 3. The number of hydrogen-bond donors (Lipinski definition) is 0. The molecular weight excluding hydrogens is 250 g/mol. The molecule has 1 aromatic rings. The molecule has 3 rings (SSSR count). The molecule has 1 amide bonds. The van der Waals surface area contributed by atoms with E-state index in [4.69, 9.17) is 12.2 Å². The van der Waals surface area contributed by atoms with Gasteiger partial charge in [-0.3, -0.25) is 9.69 Å². The zero-order chi connectivity index (χ0) is 12.0. The molecule has 0 bridgehead atoms. The molecule has 0 aromatic heterocycles. The highest BCUT2D eigenvalue weighted by Crippen LogP contribution is 2.49. The van der Waals surface area contributed by atoms with Crippen LogP contribution in [0.15, 0.2) is 24.3 Å². The van der Waals surface area contributed by atoms with E-state index in [1.165, 1.54) is 11.1 Å². The second-order valence-electron chi connectivity index (χ2n) is 4.39. The van der Waals surface area contributed by atoms with E-state index >= 15 is 0 Å². The standard InChI is InChI=1S/C13H13NOS2/c1-2-11(15)14-12-9-6-4-3-5-8(9)7-10(12)17-13(14)16/h3-6,10,12H,2,7H2,1H3/t10-,12?/m1/s1. The van der Waals surface area contributed by atoms with Crippen molar-refractivity contribution < 1.29 is 4.79 Å². The van der Waals surface area contributed by atoms with Gasteiger partial charge in [0.25, 0.3) is 0 Å². The number of rotatable bonds is 1. The van der Waals surface area contributed by atoms with Crippen molar-refractivity contribution in [3.8, 4) is 0 Å². The monoisotopic (exact) mass is 263 g/mol. The Morgan fingerprint density at radius 3 is 3.06 bits per heavy atom. The molecule has 1 unspecified atom stereocenters. The first-order valence-corrected chi connectivity index (χ1v) is 7.11. The summed E-state index contributed by atoms with van der Waals surface area (Å²) in [4.78, 5) is 13.8. The van der Waals surface area contributed by atoms with E-state index in [0.29, 0.717) is 11.7 Å². The Morgan fingerprint density at radius 2 is 2.29 bits per heavy atom. The molecule has 1 saturated heterocycles. The summed E-state index contributed by atoms with van der Waals surface area (Å²) >= 11 is 7.02. The first kappa shape index (κ1) is 11.2. The minimum Gasteiger partial charge on any atom is -0.289 e. The molecule has 2 nitrogen and oxygen atoms in total. The largest absolute Gasteiger partial charge is 0.289 e. The summed E-state index contributed by atoms with van der Waals surface area (Å²) in [6, 6.07) is 8.57. The third kappa shape index (κ3) is 1.62. The highest BCUT2D eigenvalue weighted by Gasteiger charge is 2.46. The molecular formula is C13H13NOS2. The molecule has 88 valence electrons. The number of carbonyl (C=O) groups is 1. The van der Waals surface area contributed by atoms with Crippen LogP contribution in [-0.4, -0.2) is 20.4 Å². The van der Waals surface area contributed by atoms with Crippen molar-refractivity contribution in [3.05, 3.63) is 35.4 Å². The van der Waals surface area contributed by atoms with Crippen LogP contribution in [0.25, 0.3) is 0 Å². The molecule has 0 radical (unpaired) electrons. The number of thiocarbonyl (C=S) groups is 1. The van der Waals surface area contributed by atoms with Crippen LogP contribution in [0.1, 0.15) is 30.5 Å². The highest BCUT2D eigenvalue weighted by atomic mass is 32.2. The van der Waals surface area contributed by atoms with Gasteiger partial charge in [-0.2, -0.15) is 0 Å². The number of carbonyl (C=O) groups excluding carboxylic acids is 1. The van der Waals surface area contributed by atoms with E-state index in [1.807, 2.05) is 17.9 Å². The molecule has 0 N–H and O–H groups in total. The Labute approximate surface area is 110 Å². The van der Waals surface area contributed by atoms with E-state index in [0.717, 1.165) is 10.7 Å². The minimum atomic E-state index is 0.145. The number of hydrogen-bond acceptors (Lipinski definition) is 3. The Bertz CT molecular complexity index is 492. The fraction of sp³-hybridized carbons (Fsp3) is 0.385. The molecule has 2 aliphatic rings. The lowest BCUT2D eigenvalue weighted by molar-refractivity contribution is -0.128. The Morgan fingerprint density at radius 1 is 1.53 bits per heavy atom. The maximum atomic E-state index is 12.0. The topological polar surface area (TPSA) is 20.3 Å². The van der Waals surface area contributed by atoms with E-state index in [1.54, 1.807) is 11.8 Å². The molecule has 17 heavy (non-hydrogen) atoms. The van der Waals surface area contributed by atoms with Crippen LogP contribution in [0.3, 0.4) is 0 Å². The first-order chi connectivity index (χ1) is 8.22. The van der Waals surface area contributed by atoms with Crippen LogP contribution in [0, 0.1) is 0 Å². The summed E-state index contributed by atoms with van der Waals surface area (Å²) in [5, 5.41) is 0.426. The fourth-order valence-corrected chi connectivity index (χ4v) is 4.51. The number of amides is 1. The van der Waals surface area contributed by atoms with E-state index in [2.05, 4.69) is 18.2 Å². The molecule has 1 fully saturated rings. The lowest BCUT2D eigenvalue weighted by Gasteiger charge is -2.23. The lowest BCUT2D eigenvalue weighted by Crippen LogP contribution is -2.33. The summed E-state index contributed by atoms with van der Waals surface area (Å²) in [7, 11) is 0. The fourth-order valence-electron chi connectivity index (χ4n) is 2.68. The average molecular weight is 263 g/mol. The smallest absolute Gasteiger partial charge is 0.228 e. The Kier molecular flexibility index (Phi) is 2.71. The SMILES string of the molecule is CCC(=O)N1C(=S)S[C@@H]2Cc3ccccc3C21. The Hall–Kier alpha value is -0.870. The molecule has 1 aliphatic heterocycles. The van der Waals surface area contributed by atoms with Crippen molar-refractivity contribution >= 4 is 34.2 Å². The van der Waals surface area contributed by atoms with Gasteiger partial charge in [-0.05, 0) is 17.5 Å². The predicted octanol–water partition coefficient (Wildman–Crippen LogP) is 2.92. The van der Waals surface area contributed by atoms with Gasteiger partial charge in [-0.1, -0.05) is 55.2 Å². The minimum absolute atomic E-state index is 0.145. The van der Waals surface area contributed by atoms with Crippen LogP contribution in [0.2, 0.25) is 0 Å². The number of nitrogens with zero attached hydrogens (tertiary/aromatic N) is 1. The van der Waals surface area contributed by atoms with Gasteiger partial charge in [0, 0.05) is 11.7 Å². The second kappa shape index (κ2) is 4.10. The Balaban J connectivity index is 2.03. The van der Waals surface area contributed by atoms with Gasteiger partial charge in [0.1, 0.15) is 4.32 Å². The van der Waals surface area contributed by atoms with Crippen molar-refractivity contribution in [2.45, 2.75) is 31.1 Å². The van der Waals surface area contributed by atoms with Gasteiger partial charge < -0.3 is 0 Å². The molecule has 1 aliphatic carbocycles. The van der Waals surface area contributed by atoms with Gasteiger partial charge in [0.15, 0.2) is 0 Å². The summed E-state index contributed by atoms with van der Waals surface area (Å²) in [6.45, 7) is 1.89. The van der Waals surface area contributed by atoms with Crippen LogP contribution in [0.4, 0.5) is 0 Å². The zero-order valence-corrected chi connectivity index (χ0v) is 11.2. The van der Waals surface area contributed by atoms with Gasteiger partial charge in [-0.25, -0.2) is 0 Å². The van der Waals surface area contributed by atoms with Crippen LogP contribution in [-0.2, 0) is 11.2 Å². The average Bonchev–Trinajstić information content (AvgIpc) is 2.82. The molecule has 0 spiro atoms. The normalized spacial score (nSPS) is 25.9. The maximum absolute atomic E-state index is 12.0. The molecule has 1 aromatic carbocycles. The predicted molar refractivity (Wildman–Crippen MR) is 74.0 cm³/mol. The van der Waals surface area contributed by atoms with Gasteiger partial charge in [0.05, 0.1) is 6.04 Å². The van der Waals surface area contributed by atoms with E-state index < -0.39 is 0 Å². The molecule has 1 heterocycles. The molecule has 0 saturated carbocycles. The van der Waals surface area contributed by atoms with Crippen molar-refractivity contribution in [1.82, 2.24) is 4.90 Å². The maximum Gasteiger partial charge on any atom is 0.228 e.